The summed E-state index contributed by atoms with van der Waals surface area (Å²) in [6, 6.07) is 4.18. The average molecular weight is 266 g/mol. The van der Waals surface area contributed by atoms with Crippen LogP contribution in [-0.4, -0.2) is 16.5 Å². The first-order valence-corrected chi connectivity index (χ1v) is 6.89. The van der Waals surface area contributed by atoms with Gasteiger partial charge in [-0.25, -0.2) is 4.98 Å². The Labute approximate surface area is 109 Å². The molecule has 0 radical (unpaired) electrons. The molecule has 0 aliphatic carbocycles. The van der Waals surface area contributed by atoms with E-state index in [-0.39, 0.29) is 0 Å². The van der Waals surface area contributed by atoms with E-state index in [0.29, 0.717) is 11.1 Å². The molecule has 1 aliphatic heterocycles. The highest BCUT2D eigenvalue weighted by atomic mass is 35.5. The average Bonchev–Trinajstić information content (AvgIpc) is 3.00. The summed E-state index contributed by atoms with van der Waals surface area (Å²) in [5.74, 6) is 0. The van der Waals surface area contributed by atoms with Crippen LogP contribution >= 0.6 is 22.9 Å². The third kappa shape index (κ3) is 2.34. The van der Waals surface area contributed by atoms with E-state index in [2.05, 4.69) is 20.7 Å². The summed E-state index contributed by atoms with van der Waals surface area (Å²) in [6.45, 7) is 1.09. The number of hydrogen-bond acceptors (Lipinski definition) is 4. The molecule has 2 aromatic rings. The Kier molecular flexibility index (Phi) is 3.09. The number of thiazole rings is 1. The van der Waals surface area contributed by atoms with Gasteiger partial charge in [0.15, 0.2) is 0 Å². The molecule has 17 heavy (non-hydrogen) atoms. The van der Waals surface area contributed by atoms with E-state index < -0.39 is 0 Å². The summed E-state index contributed by atoms with van der Waals surface area (Å²) in [7, 11) is 0. The zero-order valence-corrected chi connectivity index (χ0v) is 10.8. The Balaban J connectivity index is 1.86. The van der Waals surface area contributed by atoms with Crippen molar-refractivity contribution in [1.82, 2.24) is 15.3 Å². The van der Waals surface area contributed by atoms with Crippen LogP contribution in [0.5, 0.6) is 0 Å². The topological polar surface area (TPSA) is 37.8 Å². The van der Waals surface area contributed by atoms with E-state index in [4.69, 9.17) is 11.6 Å². The van der Waals surface area contributed by atoms with E-state index in [9.17, 15) is 0 Å². The fraction of sp³-hybridized carbons (Fsp3) is 0.333. The number of pyridine rings is 1. The Morgan fingerprint density at radius 2 is 2.35 bits per heavy atom. The zero-order valence-electron chi connectivity index (χ0n) is 9.19. The van der Waals surface area contributed by atoms with Crippen LogP contribution in [0, 0.1) is 0 Å². The molecule has 0 spiro atoms. The van der Waals surface area contributed by atoms with Crippen molar-refractivity contribution in [1.29, 1.82) is 0 Å². The normalized spacial score (nSPS) is 19.7. The van der Waals surface area contributed by atoms with Crippen LogP contribution in [0.25, 0.3) is 10.7 Å². The first kappa shape index (κ1) is 11.1. The second-order valence-electron chi connectivity index (χ2n) is 4.09. The molecule has 1 N–H and O–H groups in total. The molecule has 3 heterocycles. The Morgan fingerprint density at radius 3 is 3.06 bits per heavy atom. The minimum atomic E-state index is 0.423. The molecule has 88 valence electrons. The van der Waals surface area contributed by atoms with Crippen LogP contribution in [0.15, 0.2) is 23.7 Å². The van der Waals surface area contributed by atoms with Crippen LogP contribution in [0.3, 0.4) is 0 Å². The SMILES string of the molecule is Clc1ccc(-c2nc([C@@H]3CCCN3)cs2)nc1. The van der Waals surface area contributed by atoms with Gasteiger partial charge in [0.05, 0.1) is 22.5 Å². The van der Waals surface area contributed by atoms with Crippen LogP contribution in [0.1, 0.15) is 24.6 Å². The summed E-state index contributed by atoms with van der Waals surface area (Å²) in [5.41, 5.74) is 2.03. The molecule has 1 fully saturated rings. The maximum Gasteiger partial charge on any atom is 0.142 e. The smallest absolute Gasteiger partial charge is 0.142 e. The van der Waals surface area contributed by atoms with Gasteiger partial charge in [0, 0.05) is 11.6 Å². The van der Waals surface area contributed by atoms with Crippen molar-refractivity contribution in [2.45, 2.75) is 18.9 Å². The number of halogens is 1. The molecule has 0 unspecified atom stereocenters. The Hall–Kier alpha value is -0.970. The first-order chi connectivity index (χ1) is 8.33. The molecule has 0 amide bonds. The molecule has 5 heteroatoms. The van der Waals surface area contributed by atoms with Crippen molar-refractivity contribution in [2.75, 3.05) is 6.54 Å². The molecule has 0 bridgehead atoms. The summed E-state index contributed by atoms with van der Waals surface area (Å²) in [5, 5.41) is 7.19. The summed E-state index contributed by atoms with van der Waals surface area (Å²) in [6.07, 6.45) is 4.07. The van der Waals surface area contributed by atoms with Crippen molar-refractivity contribution in [2.24, 2.45) is 0 Å². The number of nitrogens with zero attached hydrogens (tertiary/aromatic N) is 2. The summed E-state index contributed by atoms with van der Waals surface area (Å²) in [4.78, 5) is 8.93. The number of aromatic nitrogens is 2. The quantitative estimate of drug-likeness (QED) is 0.906. The third-order valence-corrected chi connectivity index (χ3v) is 3.99. The van der Waals surface area contributed by atoms with Crippen LogP contribution in [0.2, 0.25) is 5.02 Å². The van der Waals surface area contributed by atoms with Crippen molar-refractivity contribution in [3.63, 3.8) is 0 Å². The van der Waals surface area contributed by atoms with Gasteiger partial charge in [-0.2, -0.15) is 0 Å². The molecule has 1 saturated heterocycles. The standard InChI is InChI=1S/C12H12ClN3S/c13-8-3-4-10(15-6-8)12-16-11(7-17-12)9-2-1-5-14-9/h3-4,6-7,9,14H,1-2,5H2/t9-/m0/s1. The predicted molar refractivity (Wildman–Crippen MR) is 70.3 cm³/mol. The van der Waals surface area contributed by atoms with Gasteiger partial charge in [-0.1, -0.05) is 11.6 Å². The first-order valence-electron chi connectivity index (χ1n) is 5.64. The molecular formula is C12H12ClN3S. The highest BCUT2D eigenvalue weighted by Gasteiger charge is 2.19. The van der Waals surface area contributed by atoms with Gasteiger partial charge >= 0.3 is 0 Å². The van der Waals surface area contributed by atoms with Gasteiger partial charge in [-0.05, 0) is 31.5 Å². The molecule has 0 saturated carbocycles. The zero-order chi connectivity index (χ0) is 11.7. The molecule has 3 nitrogen and oxygen atoms in total. The summed E-state index contributed by atoms with van der Waals surface area (Å²) < 4.78 is 0. The van der Waals surface area contributed by atoms with E-state index in [1.807, 2.05) is 12.1 Å². The lowest BCUT2D eigenvalue weighted by Crippen LogP contribution is -2.12. The van der Waals surface area contributed by atoms with Crippen LogP contribution in [0.4, 0.5) is 0 Å². The molecule has 1 aliphatic rings. The number of rotatable bonds is 2. The van der Waals surface area contributed by atoms with Crippen molar-refractivity contribution in [3.8, 4) is 10.7 Å². The lowest BCUT2D eigenvalue weighted by Gasteiger charge is -2.04. The van der Waals surface area contributed by atoms with E-state index in [1.54, 1.807) is 17.5 Å². The molecule has 1 atom stereocenters. The fourth-order valence-corrected chi connectivity index (χ4v) is 2.96. The second-order valence-corrected chi connectivity index (χ2v) is 5.38. The van der Waals surface area contributed by atoms with Gasteiger partial charge < -0.3 is 5.32 Å². The fourth-order valence-electron chi connectivity index (χ4n) is 2.00. The maximum absolute atomic E-state index is 5.82. The largest absolute Gasteiger partial charge is 0.309 e. The number of nitrogens with one attached hydrogen (secondary N) is 1. The third-order valence-electron chi connectivity index (χ3n) is 2.89. The predicted octanol–water partition coefficient (Wildman–Crippen LogP) is 3.28. The van der Waals surface area contributed by atoms with Gasteiger partial charge in [0.2, 0.25) is 0 Å². The van der Waals surface area contributed by atoms with Crippen molar-refractivity contribution >= 4 is 22.9 Å². The number of hydrogen-bond donors (Lipinski definition) is 1. The van der Waals surface area contributed by atoms with Crippen molar-refractivity contribution in [3.05, 3.63) is 34.4 Å². The molecule has 3 rings (SSSR count). The lowest BCUT2D eigenvalue weighted by molar-refractivity contribution is 0.632. The molecule has 0 aromatic carbocycles. The van der Waals surface area contributed by atoms with Gasteiger partial charge in [0.25, 0.3) is 0 Å². The second kappa shape index (κ2) is 4.72. The summed E-state index contributed by atoms with van der Waals surface area (Å²) >= 11 is 7.46. The monoisotopic (exact) mass is 265 g/mol. The lowest BCUT2D eigenvalue weighted by atomic mass is 10.2. The van der Waals surface area contributed by atoms with Crippen LogP contribution < -0.4 is 5.32 Å². The Morgan fingerprint density at radius 1 is 1.41 bits per heavy atom. The van der Waals surface area contributed by atoms with E-state index in [1.165, 1.54) is 12.8 Å². The minimum Gasteiger partial charge on any atom is -0.309 e. The van der Waals surface area contributed by atoms with Crippen LogP contribution in [-0.2, 0) is 0 Å². The highest BCUT2D eigenvalue weighted by molar-refractivity contribution is 7.13. The minimum absolute atomic E-state index is 0.423. The van der Waals surface area contributed by atoms with Gasteiger partial charge in [-0.3, -0.25) is 4.98 Å². The van der Waals surface area contributed by atoms with Gasteiger partial charge in [0.1, 0.15) is 5.01 Å². The maximum atomic E-state index is 5.82. The van der Waals surface area contributed by atoms with Crippen molar-refractivity contribution < 1.29 is 0 Å². The van der Waals surface area contributed by atoms with E-state index in [0.717, 1.165) is 22.9 Å². The Bertz CT molecular complexity index is 503. The van der Waals surface area contributed by atoms with E-state index >= 15 is 0 Å². The van der Waals surface area contributed by atoms with Gasteiger partial charge in [-0.15, -0.1) is 11.3 Å². The molecule has 2 aromatic heterocycles. The molecular weight excluding hydrogens is 254 g/mol. The highest BCUT2D eigenvalue weighted by Crippen LogP contribution is 2.28.